The number of phenols is 1. The summed E-state index contributed by atoms with van der Waals surface area (Å²) in [5.41, 5.74) is 0.558. The monoisotopic (exact) mass is 337 g/mol. The Hall–Kier alpha value is -1.83. The van der Waals surface area contributed by atoms with Crippen LogP contribution in [0, 0.1) is 0 Å². The second-order valence-corrected chi connectivity index (χ2v) is 6.17. The molecular weight excluding hydrogens is 310 g/mol. The number of rotatable bonds is 7. The van der Waals surface area contributed by atoms with Gasteiger partial charge in [-0.1, -0.05) is 12.1 Å². The first-order chi connectivity index (χ1) is 11.5. The summed E-state index contributed by atoms with van der Waals surface area (Å²) in [5, 5.41) is 34.2. The minimum absolute atomic E-state index is 0.0826. The van der Waals surface area contributed by atoms with Crippen molar-refractivity contribution < 1.29 is 20.1 Å². The van der Waals surface area contributed by atoms with E-state index in [1.165, 1.54) is 12.1 Å². The SMILES string of the molecule is O=C(NCCCN1CCC(O)CC1)NCC(O)c1cccc(O)c1. The number of nitrogens with one attached hydrogen (secondary N) is 2. The van der Waals surface area contributed by atoms with E-state index >= 15 is 0 Å². The third-order valence-electron chi connectivity index (χ3n) is 4.20. The van der Waals surface area contributed by atoms with E-state index < -0.39 is 6.10 Å². The van der Waals surface area contributed by atoms with Crippen LogP contribution < -0.4 is 10.6 Å². The van der Waals surface area contributed by atoms with E-state index in [0.29, 0.717) is 12.1 Å². The highest BCUT2D eigenvalue weighted by molar-refractivity contribution is 5.73. The average molecular weight is 337 g/mol. The highest BCUT2D eigenvalue weighted by Gasteiger charge is 2.16. The van der Waals surface area contributed by atoms with Crippen molar-refractivity contribution in [3.63, 3.8) is 0 Å². The summed E-state index contributed by atoms with van der Waals surface area (Å²) < 4.78 is 0. The van der Waals surface area contributed by atoms with Gasteiger partial charge in [0.2, 0.25) is 0 Å². The number of urea groups is 1. The van der Waals surface area contributed by atoms with Crippen molar-refractivity contribution in [2.75, 3.05) is 32.7 Å². The maximum Gasteiger partial charge on any atom is 0.314 e. The molecule has 2 rings (SSSR count). The lowest BCUT2D eigenvalue weighted by atomic mass is 10.1. The number of aliphatic hydroxyl groups excluding tert-OH is 2. The molecule has 24 heavy (non-hydrogen) atoms. The third-order valence-corrected chi connectivity index (χ3v) is 4.20. The zero-order valence-corrected chi connectivity index (χ0v) is 13.8. The number of carbonyl (C=O) groups excluding carboxylic acids is 1. The quantitative estimate of drug-likeness (QED) is 0.468. The third kappa shape index (κ3) is 6.35. The topological polar surface area (TPSA) is 105 Å². The summed E-state index contributed by atoms with van der Waals surface area (Å²) in [4.78, 5) is 14.0. The van der Waals surface area contributed by atoms with E-state index in [9.17, 15) is 20.1 Å². The number of hydrogen-bond donors (Lipinski definition) is 5. The van der Waals surface area contributed by atoms with Crippen molar-refractivity contribution in [1.82, 2.24) is 15.5 Å². The Morgan fingerprint density at radius 3 is 2.75 bits per heavy atom. The number of aromatic hydroxyl groups is 1. The fraction of sp³-hybridized carbons (Fsp3) is 0.588. The standard InChI is InChI=1S/C17H27N3O4/c21-14-5-9-20(10-6-14)8-2-7-18-17(24)19-12-16(23)13-3-1-4-15(22)11-13/h1,3-4,11,14,16,21-23H,2,5-10,12H2,(H2,18,19,24). The van der Waals surface area contributed by atoms with E-state index in [4.69, 9.17) is 0 Å². The molecule has 7 heteroatoms. The van der Waals surface area contributed by atoms with Crippen LogP contribution in [0.4, 0.5) is 4.79 Å². The van der Waals surface area contributed by atoms with Crippen LogP contribution in [0.1, 0.15) is 30.9 Å². The normalized spacial score (nSPS) is 17.4. The van der Waals surface area contributed by atoms with Crippen LogP contribution in [0.25, 0.3) is 0 Å². The number of aliphatic hydroxyl groups is 2. The van der Waals surface area contributed by atoms with Gasteiger partial charge in [0, 0.05) is 26.2 Å². The summed E-state index contributed by atoms with van der Waals surface area (Å²) >= 11 is 0. The van der Waals surface area contributed by atoms with E-state index in [2.05, 4.69) is 15.5 Å². The first kappa shape index (κ1) is 18.5. The summed E-state index contributed by atoms with van der Waals surface area (Å²) in [6.07, 6.45) is 1.46. The van der Waals surface area contributed by atoms with Gasteiger partial charge in [-0.2, -0.15) is 0 Å². The maximum absolute atomic E-state index is 11.7. The number of benzene rings is 1. The van der Waals surface area contributed by atoms with Crippen molar-refractivity contribution in [3.8, 4) is 5.75 Å². The van der Waals surface area contributed by atoms with Gasteiger partial charge in [-0.3, -0.25) is 0 Å². The number of carbonyl (C=O) groups is 1. The van der Waals surface area contributed by atoms with Gasteiger partial charge in [-0.05, 0) is 43.5 Å². The van der Waals surface area contributed by atoms with Crippen LogP contribution in [0.15, 0.2) is 24.3 Å². The molecule has 2 amide bonds. The minimum atomic E-state index is -0.859. The molecule has 0 aliphatic carbocycles. The number of piperidine rings is 1. The lowest BCUT2D eigenvalue weighted by molar-refractivity contribution is 0.0822. The first-order valence-electron chi connectivity index (χ1n) is 8.43. The molecule has 1 atom stereocenters. The molecule has 0 aromatic heterocycles. The fourth-order valence-electron chi connectivity index (χ4n) is 2.75. The molecule has 1 aliphatic rings. The molecule has 7 nitrogen and oxygen atoms in total. The summed E-state index contributed by atoms with van der Waals surface area (Å²) in [5.74, 6) is 0.0845. The van der Waals surface area contributed by atoms with Crippen LogP contribution in [0.2, 0.25) is 0 Å². The molecule has 134 valence electrons. The summed E-state index contributed by atoms with van der Waals surface area (Å²) in [7, 11) is 0. The van der Waals surface area contributed by atoms with Crippen LogP contribution in [0.3, 0.4) is 0 Å². The molecule has 1 heterocycles. The maximum atomic E-state index is 11.7. The Bertz CT molecular complexity index is 518. The lowest BCUT2D eigenvalue weighted by Gasteiger charge is -2.29. The van der Waals surface area contributed by atoms with E-state index in [-0.39, 0.29) is 24.4 Å². The van der Waals surface area contributed by atoms with Crippen LogP contribution in [-0.4, -0.2) is 65.1 Å². The van der Waals surface area contributed by atoms with Crippen molar-refractivity contribution in [2.24, 2.45) is 0 Å². The van der Waals surface area contributed by atoms with Gasteiger partial charge in [0.1, 0.15) is 5.75 Å². The van der Waals surface area contributed by atoms with Crippen molar-refractivity contribution in [2.45, 2.75) is 31.5 Å². The Morgan fingerprint density at radius 1 is 1.29 bits per heavy atom. The van der Waals surface area contributed by atoms with Crippen molar-refractivity contribution in [3.05, 3.63) is 29.8 Å². The first-order valence-corrected chi connectivity index (χ1v) is 8.43. The number of hydrogen-bond acceptors (Lipinski definition) is 5. The van der Waals surface area contributed by atoms with E-state index in [1.54, 1.807) is 12.1 Å². The molecule has 1 unspecified atom stereocenters. The van der Waals surface area contributed by atoms with Crippen molar-refractivity contribution >= 4 is 6.03 Å². The van der Waals surface area contributed by atoms with Gasteiger partial charge in [0.05, 0.1) is 12.2 Å². The molecule has 1 fully saturated rings. The zero-order valence-electron chi connectivity index (χ0n) is 13.8. The smallest absolute Gasteiger partial charge is 0.314 e. The van der Waals surface area contributed by atoms with Gasteiger partial charge in [0.15, 0.2) is 0 Å². The molecule has 1 aromatic rings. The molecule has 0 spiro atoms. The lowest BCUT2D eigenvalue weighted by Crippen LogP contribution is -2.40. The number of likely N-dealkylation sites (tertiary alicyclic amines) is 1. The summed E-state index contributed by atoms with van der Waals surface area (Å²) in [6, 6.07) is 6.02. The van der Waals surface area contributed by atoms with Gasteiger partial charge in [-0.15, -0.1) is 0 Å². The van der Waals surface area contributed by atoms with Crippen LogP contribution in [0.5, 0.6) is 5.75 Å². The molecule has 1 aliphatic heterocycles. The highest BCUT2D eigenvalue weighted by atomic mass is 16.3. The molecule has 0 saturated carbocycles. The predicted octanol–water partition coefficient (Wildman–Crippen LogP) is 0.572. The Labute approximate surface area is 142 Å². The predicted molar refractivity (Wildman–Crippen MR) is 90.8 cm³/mol. The van der Waals surface area contributed by atoms with Gasteiger partial charge in [-0.25, -0.2) is 4.79 Å². The van der Waals surface area contributed by atoms with E-state index in [1.807, 2.05) is 0 Å². The number of phenolic OH excluding ortho intramolecular Hbond substituents is 1. The van der Waals surface area contributed by atoms with Gasteiger partial charge in [0.25, 0.3) is 0 Å². The van der Waals surface area contributed by atoms with Crippen LogP contribution >= 0.6 is 0 Å². The average Bonchev–Trinajstić information content (AvgIpc) is 2.58. The second kappa shape index (κ2) is 9.46. The second-order valence-electron chi connectivity index (χ2n) is 6.17. The Kier molecular flexibility index (Phi) is 7.30. The summed E-state index contributed by atoms with van der Waals surface area (Å²) in [6.45, 7) is 3.36. The van der Waals surface area contributed by atoms with Crippen LogP contribution in [-0.2, 0) is 0 Å². The number of nitrogens with zero attached hydrogens (tertiary/aromatic N) is 1. The molecule has 0 bridgehead atoms. The molecule has 5 N–H and O–H groups in total. The molecule has 0 radical (unpaired) electrons. The van der Waals surface area contributed by atoms with Crippen molar-refractivity contribution in [1.29, 1.82) is 0 Å². The highest BCUT2D eigenvalue weighted by Crippen LogP contribution is 2.17. The Balaban J connectivity index is 1.56. The van der Waals surface area contributed by atoms with E-state index in [0.717, 1.165) is 38.9 Å². The Morgan fingerprint density at radius 2 is 2.04 bits per heavy atom. The fourth-order valence-corrected chi connectivity index (χ4v) is 2.75. The molecule has 1 aromatic carbocycles. The molecule has 1 saturated heterocycles. The zero-order chi connectivity index (χ0) is 17.4. The largest absolute Gasteiger partial charge is 0.508 e. The van der Waals surface area contributed by atoms with Gasteiger partial charge >= 0.3 is 6.03 Å². The molecular formula is C17H27N3O4. The van der Waals surface area contributed by atoms with Gasteiger partial charge < -0.3 is 30.9 Å². The minimum Gasteiger partial charge on any atom is -0.508 e. The number of amides is 2.